The number of carbonyl (C=O) groups is 2. The maximum Gasteiger partial charge on any atom is 0.265 e. The Morgan fingerprint density at radius 3 is 2.39 bits per heavy atom. The Labute approximate surface area is 183 Å². The van der Waals surface area contributed by atoms with E-state index in [0.717, 1.165) is 10.6 Å². The van der Waals surface area contributed by atoms with Crippen molar-refractivity contribution in [2.24, 2.45) is 0 Å². The lowest BCUT2D eigenvalue weighted by Gasteiger charge is -2.20. The summed E-state index contributed by atoms with van der Waals surface area (Å²) in [5.41, 5.74) is 1.19. The van der Waals surface area contributed by atoms with Crippen molar-refractivity contribution in [3.63, 3.8) is 0 Å². The van der Waals surface area contributed by atoms with Gasteiger partial charge in [-0.05, 0) is 42.8 Å². The van der Waals surface area contributed by atoms with Crippen LogP contribution in [0.15, 0.2) is 61.2 Å². The second-order valence-electron chi connectivity index (χ2n) is 6.77. The maximum atomic E-state index is 12.8. The summed E-state index contributed by atoms with van der Waals surface area (Å²) in [6, 6.07) is 13.1. The summed E-state index contributed by atoms with van der Waals surface area (Å²) in [6.07, 6.45) is 2.27. The molecular weight excluding hydrogens is 418 g/mol. The smallest absolute Gasteiger partial charge is 0.265 e. The summed E-state index contributed by atoms with van der Waals surface area (Å²) in [5.74, 6) is -0.302. The van der Waals surface area contributed by atoms with Gasteiger partial charge in [0.25, 0.3) is 11.8 Å². The number of nitrogens with zero attached hydrogens (tertiary/aromatic N) is 1. The first-order chi connectivity index (χ1) is 14.7. The Morgan fingerprint density at radius 2 is 1.81 bits per heavy atom. The van der Waals surface area contributed by atoms with Crippen molar-refractivity contribution in [3.05, 3.63) is 66.7 Å². The number of hydrogen-bond acceptors (Lipinski definition) is 5. The molecule has 2 N–H and O–H groups in total. The molecule has 1 unspecified atom stereocenters. The van der Waals surface area contributed by atoms with Crippen molar-refractivity contribution >= 4 is 33.2 Å². The van der Waals surface area contributed by atoms with Crippen molar-refractivity contribution in [2.75, 3.05) is 29.5 Å². The molecule has 0 saturated heterocycles. The molecule has 0 aromatic heterocycles. The van der Waals surface area contributed by atoms with E-state index in [4.69, 9.17) is 4.74 Å². The van der Waals surface area contributed by atoms with Gasteiger partial charge in [-0.15, -0.1) is 6.58 Å². The van der Waals surface area contributed by atoms with Gasteiger partial charge in [0.05, 0.1) is 23.2 Å². The normalized spacial score (nSPS) is 11.8. The van der Waals surface area contributed by atoms with Gasteiger partial charge >= 0.3 is 0 Å². The third-order valence-corrected chi connectivity index (χ3v) is 5.68. The minimum atomic E-state index is -3.37. The van der Waals surface area contributed by atoms with Crippen LogP contribution in [0, 0.1) is 0 Å². The quantitative estimate of drug-likeness (QED) is 0.547. The van der Waals surface area contributed by atoms with Crippen LogP contribution in [0.1, 0.15) is 23.7 Å². The van der Waals surface area contributed by atoms with Gasteiger partial charge in [0.2, 0.25) is 10.0 Å². The minimum Gasteiger partial charge on any atom is -0.481 e. The molecule has 0 fully saturated rings. The van der Waals surface area contributed by atoms with Gasteiger partial charge in [-0.1, -0.05) is 25.1 Å². The average Bonchev–Trinajstić information content (AvgIpc) is 2.75. The number of amides is 2. The molecule has 0 radical (unpaired) electrons. The molecule has 31 heavy (non-hydrogen) atoms. The van der Waals surface area contributed by atoms with Gasteiger partial charge in [0, 0.05) is 13.6 Å². The third-order valence-electron chi connectivity index (χ3n) is 4.48. The van der Waals surface area contributed by atoms with Crippen molar-refractivity contribution in [3.8, 4) is 5.75 Å². The van der Waals surface area contributed by atoms with Crippen LogP contribution in [0.2, 0.25) is 0 Å². The monoisotopic (exact) mass is 445 g/mol. The lowest BCUT2D eigenvalue weighted by Crippen LogP contribution is -2.33. The summed E-state index contributed by atoms with van der Waals surface area (Å²) in [4.78, 5) is 25.1. The maximum absolute atomic E-state index is 12.8. The Bertz CT molecular complexity index is 1040. The van der Waals surface area contributed by atoms with E-state index < -0.39 is 22.0 Å². The Balaban J connectivity index is 2.11. The van der Waals surface area contributed by atoms with E-state index in [-0.39, 0.29) is 5.91 Å². The molecule has 0 saturated carbocycles. The molecule has 2 rings (SSSR count). The number of hydrogen-bond donors (Lipinski definition) is 2. The summed E-state index contributed by atoms with van der Waals surface area (Å²) in [7, 11) is -1.92. The lowest BCUT2D eigenvalue weighted by atomic mass is 10.1. The molecule has 0 aliphatic heterocycles. The number of carbonyl (C=O) groups excluding carboxylic acids is 2. The van der Waals surface area contributed by atoms with Gasteiger partial charge in [-0.3, -0.25) is 13.9 Å². The van der Waals surface area contributed by atoms with Gasteiger partial charge in [-0.2, -0.15) is 0 Å². The molecule has 0 bridgehead atoms. The summed E-state index contributed by atoms with van der Waals surface area (Å²) in [6.45, 7) is 5.68. The van der Waals surface area contributed by atoms with E-state index in [1.165, 1.54) is 7.05 Å². The average molecular weight is 446 g/mol. The Morgan fingerprint density at radius 1 is 1.16 bits per heavy atom. The highest BCUT2D eigenvalue weighted by Crippen LogP contribution is 2.22. The van der Waals surface area contributed by atoms with E-state index in [2.05, 4.69) is 17.2 Å². The standard InChI is InChI=1S/C22H27N3O5S/c1-5-15-23-21(26)18-9-7-8-10-19(18)24-22(27)20(6-2)30-17-13-11-16(12-14-17)25(3)31(4,28)29/h5,7-14,20H,1,6,15H2,2-4H3,(H,23,26)(H,24,27). The number of benzene rings is 2. The van der Waals surface area contributed by atoms with Crippen molar-refractivity contribution in [1.29, 1.82) is 0 Å². The van der Waals surface area contributed by atoms with E-state index >= 15 is 0 Å². The Hall–Kier alpha value is -3.33. The number of rotatable bonds is 10. The molecule has 166 valence electrons. The largest absolute Gasteiger partial charge is 0.481 e. The van der Waals surface area contributed by atoms with Crippen LogP contribution >= 0.6 is 0 Å². The number of sulfonamides is 1. The van der Waals surface area contributed by atoms with E-state index in [1.54, 1.807) is 61.5 Å². The molecule has 0 spiro atoms. The highest BCUT2D eigenvalue weighted by atomic mass is 32.2. The topological polar surface area (TPSA) is 105 Å². The van der Waals surface area contributed by atoms with Gasteiger partial charge in [-0.25, -0.2) is 8.42 Å². The van der Waals surface area contributed by atoms with Crippen molar-refractivity contribution < 1.29 is 22.7 Å². The van der Waals surface area contributed by atoms with Crippen LogP contribution in [0.25, 0.3) is 0 Å². The molecule has 0 heterocycles. The van der Waals surface area contributed by atoms with Gasteiger partial charge in [0.15, 0.2) is 6.10 Å². The number of nitrogens with one attached hydrogen (secondary N) is 2. The van der Waals surface area contributed by atoms with Crippen LogP contribution in [0.3, 0.4) is 0 Å². The fourth-order valence-corrected chi connectivity index (χ4v) is 3.18. The number of anilines is 2. The summed E-state index contributed by atoms with van der Waals surface area (Å²) < 4.78 is 30.2. The highest BCUT2D eigenvalue weighted by Gasteiger charge is 2.21. The summed E-state index contributed by atoms with van der Waals surface area (Å²) in [5, 5.41) is 5.43. The highest BCUT2D eigenvalue weighted by molar-refractivity contribution is 7.92. The first-order valence-electron chi connectivity index (χ1n) is 9.67. The van der Waals surface area contributed by atoms with E-state index in [0.29, 0.717) is 35.7 Å². The molecule has 9 heteroatoms. The predicted octanol–water partition coefficient (Wildman–Crippen LogP) is 2.79. The first kappa shape index (κ1) is 23.9. The SMILES string of the molecule is C=CCNC(=O)c1ccccc1NC(=O)C(CC)Oc1ccc(N(C)S(C)(=O)=O)cc1. The molecular formula is C22H27N3O5S. The lowest BCUT2D eigenvalue weighted by molar-refractivity contribution is -0.122. The number of para-hydroxylation sites is 1. The zero-order valence-electron chi connectivity index (χ0n) is 17.8. The van der Waals surface area contributed by atoms with E-state index in [9.17, 15) is 18.0 Å². The molecule has 0 aliphatic rings. The number of ether oxygens (including phenoxy) is 1. The molecule has 2 aromatic carbocycles. The first-order valence-corrected chi connectivity index (χ1v) is 11.5. The zero-order chi connectivity index (χ0) is 23.0. The van der Waals surface area contributed by atoms with E-state index in [1.807, 2.05) is 0 Å². The fourth-order valence-electron chi connectivity index (χ4n) is 2.68. The van der Waals surface area contributed by atoms with Crippen LogP contribution in [0.5, 0.6) is 5.75 Å². The van der Waals surface area contributed by atoms with Crippen LogP contribution in [-0.4, -0.2) is 46.2 Å². The second kappa shape index (κ2) is 10.6. The second-order valence-corrected chi connectivity index (χ2v) is 8.79. The molecule has 8 nitrogen and oxygen atoms in total. The zero-order valence-corrected chi connectivity index (χ0v) is 18.6. The molecule has 2 aromatic rings. The van der Waals surface area contributed by atoms with Crippen molar-refractivity contribution in [1.82, 2.24) is 5.32 Å². The Kier molecular flexibility index (Phi) is 8.21. The third kappa shape index (κ3) is 6.58. The summed E-state index contributed by atoms with van der Waals surface area (Å²) >= 11 is 0. The van der Waals surface area contributed by atoms with Crippen molar-refractivity contribution in [2.45, 2.75) is 19.4 Å². The molecule has 2 amide bonds. The van der Waals surface area contributed by atoms with Crippen LogP contribution < -0.4 is 19.7 Å². The molecule has 0 aliphatic carbocycles. The molecule has 1 atom stereocenters. The fraction of sp³-hybridized carbons (Fsp3) is 0.273. The van der Waals surface area contributed by atoms with Gasteiger partial charge < -0.3 is 15.4 Å². The van der Waals surface area contributed by atoms with Crippen LogP contribution in [-0.2, 0) is 14.8 Å². The minimum absolute atomic E-state index is 0.312. The van der Waals surface area contributed by atoms with Gasteiger partial charge in [0.1, 0.15) is 5.75 Å². The van der Waals surface area contributed by atoms with Crippen LogP contribution in [0.4, 0.5) is 11.4 Å². The predicted molar refractivity (Wildman–Crippen MR) is 122 cm³/mol.